The molecule has 3 aromatic rings. The lowest BCUT2D eigenvalue weighted by molar-refractivity contribution is 0.0438. The summed E-state index contributed by atoms with van der Waals surface area (Å²) in [6.07, 6.45) is 0. The SMILES string of the molecule is O=C(OCc1nnc(-c2ccc(Cl)cc2)o1)c1ccc(C2SCCS2)cc1. The lowest BCUT2D eigenvalue weighted by Gasteiger charge is -2.08. The zero-order valence-corrected chi connectivity index (χ0v) is 16.5. The molecule has 138 valence electrons. The Balaban J connectivity index is 1.35. The number of esters is 1. The van der Waals surface area contributed by atoms with Crippen LogP contribution in [-0.2, 0) is 11.3 Å². The minimum absolute atomic E-state index is 0.0739. The molecule has 1 saturated heterocycles. The highest BCUT2D eigenvalue weighted by molar-refractivity contribution is 8.19. The molecular formula is C19H15ClN2O3S2. The average molecular weight is 419 g/mol. The van der Waals surface area contributed by atoms with Crippen molar-refractivity contribution < 1.29 is 13.9 Å². The molecule has 1 aliphatic heterocycles. The van der Waals surface area contributed by atoms with Gasteiger partial charge in [-0.05, 0) is 42.0 Å². The Morgan fingerprint density at radius 3 is 2.48 bits per heavy atom. The molecule has 1 aliphatic rings. The van der Waals surface area contributed by atoms with E-state index < -0.39 is 5.97 Å². The Hall–Kier alpha value is -1.96. The van der Waals surface area contributed by atoms with E-state index in [0.717, 1.165) is 5.56 Å². The van der Waals surface area contributed by atoms with Gasteiger partial charge in [-0.1, -0.05) is 23.7 Å². The maximum absolute atomic E-state index is 12.2. The van der Waals surface area contributed by atoms with Gasteiger partial charge in [-0.3, -0.25) is 0 Å². The Kier molecular flexibility index (Phi) is 5.71. The number of hydrogen-bond acceptors (Lipinski definition) is 7. The first-order valence-corrected chi connectivity index (χ1v) is 10.8. The van der Waals surface area contributed by atoms with Crippen molar-refractivity contribution in [1.82, 2.24) is 10.2 Å². The third-order valence-electron chi connectivity index (χ3n) is 3.93. The molecule has 2 heterocycles. The zero-order valence-electron chi connectivity index (χ0n) is 14.1. The van der Waals surface area contributed by atoms with Gasteiger partial charge < -0.3 is 9.15 Å². The summed E-state index contributed by atoms with van der Waals surface area (Å²) < 4.78 is 11.3. The molecule has 8 heteroatoms. The van der Waals surface area contributed by atoms with Crippen molar-refractivity contribution in [3.63, 3.8) is 0 Å². The summed E-state index contributed by atoms with van der Waals surface area (Å²) in [4.78, 5) is 12.2. The van der Waals surface area contributed by atoms with Gasteiger partial charge in [0.25, 0.3) is 5.89 Å². The number of ether oxygens (including phenoxy) is 1. The first-order valence-electron chi connectivity index (χ1n) is 8.28. The van der Waals surface area contributed by atoms with Crippen LogP contribution in [0.25, 0.3) is 11.5 Å². The van der Waals surface area contributed by atoms with E-state index in [1.165, 1.54) is 17.1 Å². The molecule has 0 aliphatic carbocycles. The van der Waals surface area contributed by atoms with Gasteiger partial charge in [-0.2, -0.15) is 0 Å². The van der Waals surface area contributed by atoms with Crippen LogP contribution in [0, 0.1) is 0 Å². The molecule has 0 unspecified atom stereocenters. The Bertz CT molecular complexity index is 923. The van der Waals surface area contributed by atoms with Gasteiger partial charge in [-0.15, -0.1) is 33.7 Å². The fourth-order valence-electron chi connectivity index (χ4n) is 2.56. The van der Waals surface area contributed by atoms with Crippen molar-refractivity contribution in [2.45, 2.75) is 11.2 Å². The molecule has 4 rings (SSSR count). The van der Waals surface area contributed by atoms with Gasteiger partial charge in [0.05, 0.1) is 10.1 Å². The Morgan fingerprint density at radius 1 is 1.07 bits per heavy atom. The maximum Gasteiger partial charge on any atom is 0.338 e. The summed E-state index contributed by atoms with van der Waals surface area (Å²) in [5.74, 6) is 2.51. The van der Waals surface area contributed by atoms with E-state index in [1.807, 2.05) is 35.7 Å². The average Bonchev–Trinajstić information content (AvgIpc) is 3.39. The number of benzene rings is 2. The van der Waals surface area contributed by atoms with Crippen molar-refractivity contribution >= 4 is 41.1 Å². The van der Waals surface area contributed by atoms with Gasteiger partial charge in [0.2, 0.25) is 5.89 Å². The summed E-state index contributed by atoms with van der Waals surface area (Å²) in [5.41, 5.74) is 2.48. The Morgan fingerprint density at radius 2 is 1.78 bits per heavy atom. The lowest BCUT2D eigenvalue weighted by Crippen LogP contribution is -2.05. The predicted molar refractivity (Wildman–Crippen MR) is 108 cm³/mol. The Labute approximate surface area is 169 Å². The van der Waals surface area contributed by atoms with Crippen LogP contribution in [0.3, 0.4) is 0 Å². The van der Waals surface area contributed by atoms with E-state index in [9.17, 15) is 4.79 Å². The largest absolute Gasteiger partial charge is 0.452 e. The first-order chi connectivity index (χ1) is 13.2. The lowest BCUT2D eigenvalue weighted by atomic mass is 10.1. The normalized spacial score (nSPS) is 14.4. The second kappa shape index (κ2) is 8.37. The molecule has 0 atom stereocenters. The van der Waals surface area contributed by atoms with Crippen LogP contribution in [0.5, 0.6) is 0 Å². The molecule has 0 amide bonds. The number of carbonyl (C=O) groups excluding carboxylic acids is 1. The summed E-state index contributed by atoms with van der Waals surface area (Å²) >= 11 is 9.73. The summed E-state index contributed by atoms with van der Waals surface area (Å²) in [7, 11) is 0. The smallest absolute Gasteiger partial charge is 0.338 e. The van der Waals surface area contributed by atoms with Crippen molar-refractivity contribution in [1.29, 1.82) is 0 Å². The summed E-state index contributed by atoms with van der Waals surface area (Å²) in [6, 6.07) is 14.6. The molecule has 1 fully saturated rings. The van der Waals surface area contributed by atoms with Crippen LogP contribution in [0.1, 0.15) is 26.4 Å². The molecule has 5 nitrogen and oxygen atoms in total. The van der Waals surface area contributed by atoms with E-state index in [4.69, 9.17) is 20.8 Å². The highest BCUT2D eigenvalue weighted by Crippen LogP contribution is 2.45. The fraction of sp³-hybridized carbons (Fsp3) is 0.211. The summed E-state index contributed by atoms with van der Waals surface area (Å²) in [5, 5.41) is 8.51. The second-order valence-electron chi connectivity index (χ2n) is 5.78. The van der Waals surface area contributed by atoms with Crippen molar-refractivity contribution in [2.24, 2.45) is 0 Å². The number of thioether (sulfide) groups is 2. The van der Waals surface area contributed by atoms with E-state index in [0.29, 0.717) is 21.1 Å². The van der Waals surface area contributed by atoms with Gasteiger partial charge in [0.15, 0.2) is 6.61 Å². The van der Waals surface area contributed by atoms with Crippen LogP contribution in [-0.4, -0.2) is 27.7 Å². The standard InChI is InChI=1S/C19H15ClN2O3S2/c20-15-7-5-12(6-8-15)17-22-21-16(25-17)11-24-18(23)13-1-3-14(4-2-13)19-26-9-10-27-19/h1-8,19H,9-11H2. The number of hydrogen-bond donors (Lipinski definition) is 0. The van der Waals surface area contributed by atoms with Crippen molar-refractivity contribution in [2.75, 3.05) is 11.5 Å². The van der Waals surface area contributed by atoms with Crippen LogP contribution in [0.4, 0.5) is 0 Å². The molecular weight excluding hydrogens is 404 g/mol. The minimum atomic E-state index is -0.417. The molecule has 0 radical (unpaired) electrons. The van der Waals surface area contributed by atoms with Crippen LogP contribution < -0.4 is 0 Å². The monoisotopic (exact) mass is 418 g/mol. The number of aromatic nitrogens is 2. The van der Waals surface area contributed by atoms with Gasteiger partial charge in [-0.25, -0.2) is 4.79 Å². The number of rotatable bonds is 5. The van der Waals surface area contributed by atoms with Gasteiger partial charge >= 0.3 is 5.97 Å². The van der Waals surface area contributed by atoms with E-state index in [2.05, 4.69) is 10.2 Å². The fourth-order valence-corrected chi connectivity index (χ4v) is 5.54. The second-order valence-corrected chi connectivity index (χ2v) is 8.94. The van der Waals surface area contributed by atoms with E-state index >= 15 is 0 Å². The highest BCUT2D eigenvalue weighted by Gasteiger charge is 2.19. The predicted octanol–water partition coefficient (Wildman–Crippen LogP) is 5.23. The number of carbonyl (C=O) groups is 1. The van der Waals surface area contributed by atoms with Crippen molar-refractivity contribution in [3.8, 4) is 11.5 Å². The molecule has 2 aromatic carbocycles. The highest BCUT2D eigenvalue weighted by atomic mass is 35.5. The first kappa shape index (κ1) is 18.4. The van der Waals surface area contributed by atoms with Crippen LogP contribution in [0.2, 0.25) is 5.02 Å². The number of nitrogens with zero attached hydrogens (tertiary/aromatic N) is 2. The number of halogens is 1. The third kappa shape index (κ3) is 4.48. The third-order valence-corrected chi connectivity index (χ3v) is 7.28. The molecule has 0 spiro atoms. The topological polar surface area (TPSA) is 65.2 Å². The molecule has 1 aromatic heterocycles. The van der Waals surface area contributed by atoms with Gasteiger partial charge in [0.1, 0.15) is 0 Å². The molecule has 0 bridgehead atoms. The quantitative estimate of drug-likeness (QED) is 0.526. The molecule has 0 saturated carbocycles. The van der Waals surface area contributed by atoms with Crippen molar-refractivity contribution in [3.05, 3.63) is 70.6 Å². The van der Waals surface area contributed by atoms with Crippen LogP contribution in [0.15, 0.2) is 52.9 Å². The van der Waals surface area contributed by atoms with Gasteiger partial charge in [0, 0.05) is 22.1 Å². The minimum Gasteiger partial charge on any atom is -0.452 e. The van der Waals surface area contributed by atoms with E-state index in [-0.39, 0.29) is 12.5 Å². The zero-order chi connectivity index (χ0) is 18.6. The van der Waals surface area contributed by atoms with E-state index in [1.54, 1.807) is 36.4 Å². The van der Waals surface area contributed by atoms with Crippen LogP contribution >= 0.6 is 35.1 Å². The molecule has 27 heavy (non-hydrogen) atoms. The maximum atomic E-state index is 12.2. The summed E-state index contributed by atoms with van der Waals surface area (Å²) in [6.45, 7) is -0.0739. The molecule has 0 N–H and O–H groups in total.